The van der Waals surface area contributed by atoms with Gasteiger partial charge in [0, 0.05) is 9.50 Å². The van der Waals surface area contributed by atoms with E-state index in [4.69, 9.17) is 21.1 Å². The van der Waals surface area contributed by atoms with E-state index < -0.39 is 35.0 Å². The summed E-state index contributed by atoms with van der Waals surface area (Å²) in [7, 11) is 0. The van der Waals surface area contributed by atoms with Gasteiger partial charge in [0.25, 0.3) is 5.56 Å². The first-order chi connectivity index (χ1) is 20.9. The molecule has 228 valence electrons. The van der Waals surface area contributed by atoms with E-state index in [9.17, 15) is 22.8 Å². The van der Waals surface area contributed by atoms with Crippen molar-refractivity contribution in [1.29, 1.82) is 0 Å². The Morgan fingerprint density at radius 2 is 1.70 bits per heavy atom. The molecule has 0 saturated carbocycles. The van der Waals surface area contributed by atoms with Gasteiger partial charge in [-0.1, -0.05) is 63.1 Å². The number of carbonyl (C=O) groups is 1. The molecule has 0 aliphatic carbocycles. The summed E-state index contributed by atoms with van der Waals surface area (Å²) >= 11 is 17.2. The summed E-state index contributed by atoms with van der Waals surface area (Å²) in [5.74, 6) is -0.687. The largest absolute Gasteiger partial charge is 0.487 e. The first-order valence-electron chi connectivity index (χ1n) is 12.8. The number of rotatable bonds is 7. The number of fused-ring (bicyclic) bond motifs is 1. The monoisotopic (exact) mass is 832 g/mol. The molecule has 3 aromatic carbocycles. The summed E-state index contributed by atoms with van der Waals surface area (Å²) in [6.07, 6.45) is -3.46. The SMILES string of the molecule is CCOC(=O)C1=C(C(F)(F)F)N=c2s/c(=C\c3cc(Br)c(OCc4ccc(Br)cc4)c(Br)c3)c(=O)n2[C@@H]1c1ccc(Cl)cc1. The lowest BCUT2D eigenvalue weighted by atomic mass is 9.95. The number of aromatic nitrogens is 1. The van der Waals surface area contributed by atoms with Crippen LogP contribution >= 0.6 is 70.7 Å². The predicted molar refractivity (Wildman–Crippen MR) is 173 cm³/mol. The minimum absolute atomic E-state index is 0.108. The standard InChI is InChI=1S/C30H19Br3ClF3N2O4S/c1-2-42-28(41)23-24(17-5-9-19(34)10-6-17)39-27(40)22(44-29(39)38-26(23)30(35,36)37)13-16-11-20(32)25(21(33)12-16)43-14-15-3-7-18(31)8-4-15/h3-13,24H,2,14H2,1H3/b22-13-/t24-/m1/s1. The van der Waals surface area contributed by atoms with E-state index in [0.29, 0.717) is 31.9 Å². The molecule has 2 heterocycles. The van der Waals surface area contributed by atoms with Crippen LogP contribution in [0.15, 0.2) is 95.1 Å². The number of thiazole rings is 1. The second-order valence-electron chi connectivity index (χ2n) is 9.34. The lowest BCUT2D eigenvalue weighted by Crippen LogP contribution is -2.41. The Balaban J connectivity index is 1.61. The van der Waals surface area contributed by atoms with Gasteiger partial charge in [0.1, 0.15) is 12.4 Å². The number of alkyl halides is 3. The lowest BCUT2D eigenvalue weighted by molar-refractivity contribution is -0.140. The summed E-state index contributed by atoms with van der Waals surface area (Å²) in [4.78, 5) is 30.4. The molecule has 0 spiro atoms. The van der Waals surface area contributed by atoms with Gasteiger partial charge in [-0.05, 0) is 97.9 Å². The minimum Gasteiger partial charge on any atom is -0.487 e. The Hall–Kier alpha value is -2.71. The smallest absolute Gasteiger partial charge is 0.434 e. The summed E-state index contributed by atoms with van der Waals surface area (Å²) < 4.78 is 57.3. The molecule has 0 unspecified atom stereocenters. The number of hydrogen-bond acceptors (Lipinski definition) is 6. The van der Waals surface area contributed by atoms with Crippen molar-refractivity contribution < 1.29 is 27.4 Å². The van der Waals surface area contributed by atoms with Crippen molar-refractivity contribution in [2.24, 2.45) is 4.99 Å². The van der Waals surface area contributed by atoms with E-state index in [-0.39, 0.29) is 21.5 Å². The number of halogens is 7. The van der Waals surface area contributed by atoms with E-state index in [1.807, 2.05) is 24.3 Å². The molecule has 0 N–H and O–H groups in total. The Bertz CT molecular complexity index is 1930. The number of nitrogens with zero attached hydrogens (tertiary/aromatic N) is 2. The topological polar surface area (TPSA) is 69.9 Å². The second-order valence-corrected chi connectivity index (χ2v) is 13.4. The van der Waals surface area contributed by atoms with E-state index in [0.717, 1.165) is 25.9 Å². The van der Waals surface area contributed by atoms with Crippen LogP contribution in [-0.2, 0) is 16.1 Å². The van der Waals surface area contributed by atoms with Crippen molar-refractivity contribution in [1.82, 2.24) is 4.57 Å². The number of esters is 1. The molecule has 14 heteroatoms. The van der Waals surface area contributed by atoms with Crippen LogP contribution in [0.4, 0.5) is 13.2 Å². The van der Waals surface area contributed by atoms with Crippen molar-refractivity contribution in [3.05, 3.63) is 127 Å². The molecular formula is C30H19Br3ClF3N2O4S. The van der Waals surface area contributed by atoms with Gasteiger partial charge in [-0.25, -0.2) is 9.79 Å². The van der Waals surface area contributed by atoms with Gasteiger partial charge in [0.2, 0.25) is 0 Å². The van der Waals surface area contributed by atoms with Gasteiger partial charge >= 0.3 is 12.1 Å². The molecule has 6 nitrogen and oxygen atoms in total. The maximum atomic E-state index is 14.3. The van der Waals surface area contributed by atoms with Gasteiger partial charge < -0.3 is 9.47 Å². The van der Waals surface area contributed by atoms with Crippen LogP contribution in [0.25, 0.3) is 6.08 Å². The molecule has 1 atom stereocenters. The maximum Gasteiger partial charge on any atom is 0.434 e. The Morgan fingerprint density at radius 1 is 1.07 bits per heavy atom. The van der Waals surface area contributed by atoms with Crippen LogP contribution in [-0.4, -0.2) is 23.3 Å². The molecule has 44 heavy (non-hydrogen) atoms. The molecule has 0 fully saturated rings. The molecule has 1 aliphatic heterocycles. The normalized spacial score (nSPS) is 15.2. The predicted octanol–water partition coefficient (Wildman–Crippen LogP) is 7.86. The molecule has 0 bridgehead atoms. The molecule has 5 rings (SSSR count). The fraction of sp³-hybridized carbons (Fsp3) is 0.167. The average Bonchev–Trinajstić information content (AvgIpc) is 3.27. The summed E-state index contributed by atoms with van der Waals surface area (Å²) in [6, 6.07) is 15.5. The highest BCUT2D eigenvalue weighted by Gasteiger charge is 2.45. The van der Waals surface area contributed by atoms with Crippen LogP contribution in [0.5, 0.6) is 5.75 Å². The van der Waals surface area contributed by atoms with Crippen LogP contribution in [0.3, 0.4) is 0 Å². The quantitative estimate of drug-likeness (QED) is 0.178. The zero-order valence-electron chi connectivity index (χ0n) is 22.4. The van der Waals surface area contributed by atoms with Crippen LogP contribution < -0.4 is 19.6 Å². The molecule has 4 aromatic rings. The fourth-order valence-corrected chi connectivity index (χ4v) is 7.33. The number of allylic oxidation sites excluding steroid dienone is 1. The van der Waals surface area contributed by atoms with Crippen LogP contribution in [0, 0.1) is 0 Å². The van der Waals surface area contributed by atoms with E-state index >= 15 is 0 Å². The second kappa shape index (κ2) is 13.3. The zero-order valence-corrected chi connectivity index (χ0v) is 28.8. The van der Waals surface area contributed by atoms with Crippen molar-refractivity contribution >= 4 is 82.8 Å². The highest BCUT2D eigenvalue weighted by molar-refractivity contribution is 9.11. The molecular weight excluding hydrogens is 817 g/mol. The zero-order chi connectivity index (χ0) is 31.8. The van der Waals surface area contributed by atoms with Crippen molar-refractivity contribution in [2.45, 2.75) is 25.7 Å². The third-order valence-corrected chi connectivity index (χ3v) is 9.34. The summed E-state index contributed by atoms with van der Waals surface area (Å²) in [6.45, 7) is 1.61. The average molecular weight is 836 g/mol. The van der Waals surface area contributed by atoms with Gasteiger partial charge in [-0.2, -0.15) is 13.2 Å². The maximum absolute atomic E-state index is 14.3. The number of ether oxygens (including phenoxy) is 2. The first-order valence-corrected chi connectivity index (χ1v) is 16.4. The van der Waals surface area contributed by atoms with Gasteiger partial charge in [-0.3, -0.25) is 9.36 Å². The third-order valence-electron chi connectivity index (χ3n) is 6.40. The van der Waals surface area contributed by atoms with Gasteiger partial charge in [0.15, 0.2) is 10.5 Å². The van der Waals surface area contributed by atoms with E-state index in [1.54, 1.807) is 12.1 Å². The highest BCUT2D eigenvalue weighted by Crippen LogP contribution is 2.39. The first kappa shape index (κ1) is 32.7. The fourth-order valence-electron chi connectivity index (χ4n) is 4.49. The third kappa shape index (κ3) is 6.91. The summed E-state index contributed by atoms with van der Waals surface area (Å²) in [5, 5.41) is 0.333. The minimum atomic E-state index is -5.00. The molecule has 0 saturated heterocycles. The van der Waals surface area contributed by atoms with Crippen molar-refractivity contribution in [3.63, 3.8) is 0 Å². The lowest BCUT2D eigenvalue weighted by Gasteiger charge is -2.26. The number of carbonyl (C=O) groups excluding carboxylic acids is 1. The number of hydrogen-bond donors (Lipinski definition) is 0. The molecule has 0 radical (unpaired) electrons. The van der Waals surface area contributed by atoms with E-state index in [2.05, 4.69) is 52.8 Å². The van der Waals surface area contributed by atoms with Gasteiger partial charge in [-0.15, -0.1) is 0 Å². The van der Waals surface area contributed by atoms with E-state index in [1.165, 1.54) is 37.3 Å². The van der Waals surface area contributed by atoms with Crippen molar-refractivity contribution in [3.8, 4) is 5.75 Å². The molecule has 1 aromatic heterocycles. The Morgan fingerprint density at radius 3 is 2.30 bits per heavy atom. The van der Waals surface area contributed by atoms with Crippen molar-refractivity contribution in [2.75, 3.05) is 6.61 Å². The molecule has 0 amide bonds. The van der Waals surface area contributed by atoms with Crippen LogP contribution in [0.2, 0.25) is 5.02 Å². The summed E-state index contributed by atoms with van der Waals surface area (Å²) in [5.41, 5.74) is -1.07. The Labute approximate surface area is 282 Å². The highest BCUT2D eigenvalue weighted by atomic mass is 79.9. The molecule has 1 aliphatic rings. The van der Waals surface area contributed by atoms with Gasteiger partial charge in [0.05, 0.1) is 31.7 Å². The number of benzene rings is 3. The Kier molecular flexibility index (Phi) is 9.90. The van der Waals surface area contributed by atoms with Crippen LogP contribution in [0.1, 0.15) is 29.7 Å².